The Morgan fingerprint density at radius 3 is 2.29 bits per heavy atom. The number of piperazine rings is 1. The molecule has 1 aliphatic heterocycles. The predicted octanol–water partition coefficient (Wildman–Crippen LogP) is 5.84. The molecule has 6 rings (SSSR count). The van der Waals surface area contributed by atoms with Crippen molar-refractivity contribution in [1.29, 1.82) is 0 Å². The van der Waals surface area contributed by atoms with Crippen LogP contribution in [0.1, 0.15) is 46.5 Å². The Hall–Kier alpha value is -4.21. The van der Waals surface area contributed by atoms with Gasteiger partial charge in [0.25, 0.3) is 0 Å². The predicted molar refractivity (Wildman–Crippen MR) is 167 cm³/mol. The fourth-order valence-corrected chi connectivity index (χ4v) is 7.46. The SMILES string of the molecule is CC(=O)Nc1nc(CCc2ccc(N)cc2)c(CN2CCN(C(=O)O)C(CC3c4ccccc4-c4ccccc43)C2)s1. The minimum absolute atomic E-state index is 0.146. The summed E-state index contributed by atoms with van der Waals surface area (Å²) in [5.41, 5.74) is 13.8. The summed E-state index contributed by atoms with van der Waals surface area (Å²) in [5.74, 6) is 0.00194. The Labute approximate surface area is 249 Å². The number of carbonyl (C=O) groups excluding carboxylic acids is 1. The van der Waals surface area contributed by atoms with Crippen LogP contribution < -0.4 is 11.1 Å². The number of aryl methyl sites for hydroxylation is 2. The van der Waals surface area contributed by atoms with Crippen LogP contribution in [0.2, 0.25) is 0 Å². The van der Waals surface area contributed by atoms with Crippen molar-refractivity contribution < 1.29 is 14.7 Å². The molecule has 1 unspecified atom stereocenters. The first-order valence-electron chi connectivity index (χ1n) is 14.4. The van der Waals surface area contributed by atoms with Crippen molar-refractivity contribution in [2.75, 3.05) is 30.7 Å². The van der Waals surface area contributed by atoms with Gasteiger partial charge in [0.2, 0.25) is 5.91 Å². The number of benzene rings is 3. The summed E-state index contributed by atoms with van der Waals surface area (Å²) in [6.07, 6.45) is 1.41. The minimum Gasteiger partial charge on any atom is -0.465 e. The number of amides is 2. The first-order valence-corrected chi connectivity index (χ1v) is 15.2. The molecule has 0 bridgehead atoms. The number of rotatable bonds is 8. The molecule has 0 saturated carbocycles. The molecule has 3 aromatic carbocycles. The van der Waals surface area contributed by atoms with E-state index < -0.39 is 6.09 Å². The van der Waals surface area contributed by atoms with Crippen LogP contribution in [-0.2, 0) is 24.2 Å². The maximum Gasteiger partial charge on any atom is 0.407 e. The maximum atomic E-state index is 12.3. The monoisotopic (exact) mass is 581 g/mol. The summed E-state index contributed by atoms with van der Waals surface area (Å²) < 4.78 is 0. The number of nitrogens with zero attached hydrogens (tertiary/aromatic N) is 3. The summed E-state index contributed by atoms with van der Waals surface area (Å²) in [4.78, 5) is 34.0. The van der Waals surface area contributed by atoms with Gasteiger partial charge in [0.05, 0.1) is 5.69 Å². The number of carboxylic acid groups (broad SMARTS) is 1. The highest BCUT2D eigenvalue weighted by molar-refractivity contribution is 7.15. The van der Waals surface area contributed by atoms with E-state index in [9.17, 15) is 14.7 Å². The van der Waals surface area contributed by atoms with Crippen molar-refractivity contribution in [2.24, 2.45) is 0 Å². The van der Waals surface area contributed by atoms with Crippen LogP contribution in [0.4, 0.5) is 15.6 Å². The molecule has 1 aliphatic carbocycles. The third-order valence-corrected chi connectivity index (χ3v) is 9.34. The van der Waals surface area contributed by atoms with Crippen LogP contribution in [0.25, 0.3) is 11.1 Å². The van der Waals surface area contributed by atoms with Gasteiger partial charge >= 0.3 is 6.09 Å². The third kappa shape index (κ3) is 5.89. The van der Waals surface area contributed by atoms with Gasteiger partial charge < -0.3 is 21.1 Å². The van der Waals surface area contributed by atoms with Gasteiger partial charge in [0.1, 0.15) is 0 Å². The zero-order valence-electron chi connectivity index (χ0n) is 23.6. The second-order valence-corrected chi connectivity index (χ2v) is 12.2. The van der Waals surface area contributed by atoms with Gasteiger partial charge in [0, 0.05) is 55.6 Å². The topological polar surface area (TPSA) is 112 Å². The van der Waals surface area contributed by atoms with Crippen LogP contribution >= 0.6 is 11.3 Å². The molecule has 1 atom stereocenters. The maximum absolute atomic E-state index is 12.3. The number of fused-ring (bicyclic) bond motifs is 3. The molecule has 1 fully saturated rings. The summed E-state index contributed by atoms with van der Waals surface area (Å²) in [5, 5.41) is 13.6. The Balaban J connectivity index is 1.22. The van der Waals surface area contributed by atoms with E-state index in [1.165, 1.54) is 46.1 Å². The highest BCUT2D eigenvalue weighted by Gasteiger charge is 2.36. The Morgan fingerprint density at radius 2 is 1.64 bits per heavy atom. The van der Waals surface area contributed by atoms with E-state index in [1.807, 2.05) is 24.3 Å². The molecule has 1 saturated heterocycles. The van der Waals surface area contributed by atoms with E-state index in [-0.39, 0.29) is 17.9 Å². The molecule has 4 aromatic rings. The number of carbonyl (C=O) groups is 2. The number of aromatic nitrogens is 1. The molecule has 1 aromatic heterocycles. The fraction of sp³-hybridized carbons (Fsp3) is 0.303. The number of anilines is 2. The van der Waals surface area contributed by atoms with Crippen molar-refractivity contribution in [3.05, 3.63) is 100 Å². The van der Waals surface area contributed by atoms with Crippen molar-refractivity contribution >= 4 is 34.2 Å². The number of nitrogens with two attached hydrogens (primary N) is 1. The Morgan fingerprint density at radius 1 is 0.976 bits per heavy atom. The molecule has 2 amide bonds. The van der Waals surface area contributed by atoms with Crippen LogP contribution in [0.3, 0.4) is 0 Å². The minimum atomic E-state index is -0.867. The van der Waals surface area contributed by atoms with Gasteiger partial charge in [-0.3, -0.25) is 9.69 Å². The lowest BCUT2D eigenvalue weighted by atomic mass is 9.89. The highest BCUT2D eigenvalue weighted by atomic mass is 32.1. The lowest BCUT2D eigenvalue weighted by Crippen LogP contribution is -2.54. The number of nitrogens with one attached hydrogen (secondary N) is 1. The second kappa shape index (κ2) is 12.0. The molecule has 0 radical (unpaired) electrons. The largest absolute Gasteiger partial charge is 0.465 e. The van der Waals surface area contributed by atoms with Crippen LogP contribution in [-0.4, -0.2) is 57.6 Å². The molecule has 0 spiro atoms. The smallest absolute Gasteiger partial charge is 0.407 e. The lowest BCUT2D eigenvalue weighted by molar-refractivity contribution is -0.114. The second-order valence-electron chi connectivity index (χ2n) is 11.1. The Bertz CT molecular complexity index is 1560. The molecular formula is C33H35N5O3S. The van der Waals surface area contributed by atoms with Crippen molar-refractivity contribution in [2.45, 2.75) is 44.7 Å². The van der Waals surface area contributed by atoms with E-state index in [2.05, 4.69) is 58.7 Å². The normalized spacial score (nSPS) is 16.7. The summed E-state index contributed by atoms with van der Waals surface area (Å²) >= 11 is 1.51. The van der Waals surface area contributed by atoms with Gasteiger partial charge in [-0.1, -0.05) is 60.7 Å². The van der Waals surface area contributed by atoms with Crippen molar-refractivity contribution in [3.63, 3.8) is 0 Å². The third-order valence-electron chi connectivity index (χ3n) is 8.34. The van der Waals surface area contributed by atoms with Crippen molar-refractivity contribution in [1.82, 2.24) is 14.8 Å². The molecule has 2 aliphatic rings. The molecular weight excluding hydrogens is 546 g/mol. The average molecular weight is 582 g/mol. The zero-order valence-corrected chi connectivity index (χ0v) is 24.4. The zero-order chi connectivity index (χ0) is 29.2. The highest BCUT2D eigenvalue weighted by Crippen LogP contribution is 2.47. The lowest BCUT2D eigenvalue weighted by Gasteiger charge is -2.41. The number of thiazole rings is 1. The number of hydrogen-bond acceptors (Lipinski definition) is 6. The van der Waals surface area contributed by atoms with E-state index in [0.717, 1.165) is 35.5 Å². The summed E-state index contributed by atoms with van der Waals surface area (Å²) in [6.45, 7) is 3.89. The van der Waals surface area contributed by atoms with Gasteiger partial charge in [-0.25, -0.2) is 9.78 Å². The van der Waals surface area contributed by atoms with Crippen LogP contribution in [0, 0.1) is 0 Å². The summed E-state index contributed by atoms with van der Waals surface area (Å²) in [7, 11) is 0. The van der Waals surface area contributed by atoms with Crippen LogP contribution in [0.5, 0.6) is 0 Å². The van der Waals surface area contributed by atoms with Crippen molar-refractivity contribution in [3.8, 4) is 11.1 Å². The standard InChI is InChI=1S/C33H35N5O3S/c1-21(39)35-32-36-30(15-12-22-10-13-23(34)14-11-22)31(42-32)20-37-16-17-38(33(40)41)24(19-37)18-29-27-8-4-2-6-25(27)26-7-3-5-9-28(26)29/h2-11,13-14,24,29H,12,15-20,34H2,1H3,(H,40,41)(H,35,36,39). The number of hydrogen-bond donors (Lipinski definition) is 3. The van der Waals surface area contributed by atoms with Gasteiger partial charge in [-0.15, -0.1) is 11.3 Å². The van der Waals surface area contributed by atoms with E-state index in [1.54, 1.807) is 4.90 Å². The van der Waals surface area contributed by atoms with Gasteiger partial charge in [0.15, 0.2) is 5.13 Å². The van der Waals surface area contributed by atoms with E-state index in [4.69, 9.17) is 10.7 Å². The molecule has 42 heavy (non-hydrogen) atoms. The molecule has 4 N–H and O–H groups in total. The van der Waals surface area contributed by atoms with E-state index >= 15 is 0 Å². The Kier molecular flexibility index (Phi) is 7.95. The fourth-order valence-electron chi connectivity index (χ4n) is 6.36. The first-order chi connectivity index (χ1) is 20.4. The molecule has 9 heteroatoms. The van der Waals surface area contributed by atoms with Gasteiger partial charge in [-0.2, -0.15) is 0 Å². The summed E-state index contributed by atoms with van der Waals surface area (Å²) in [6, 6.07) is 24.7. The van der Waals surface area contributed by atoms with Gasteiger partial charge in [-0.05, 0) is 59.2 Å². The molecule has 2 heterocycles. The molecule has 8 nitrogen and oxygen atoms in total. The average Bonchev–Trinajstić information content (AvgIpc) is 3.50. The first kappa shape index (κ1) is 27.9. The number of nitrogen functional groups attached to an aromatic ring is 1. The quantitative estimate of drug-likeness (QED) is 0.226. The van der Waals surface area contributed by atoms with Crippen LogP contribution in [0.15, 0.2) is 72.8 Å². The van der Waals surface area contributed by atoms with E-state index in [0.29, 0.717) is 31.3 Å². The molecule has 216 valence electrons.